The zero-order chi connectivity index (χ0) is 17.8. The molecule has 1 amide bonds. The number of ether oxygens (including phenoxy) is 1. The molecule has 0 unspecified atom stereocenters. The molecule has 1 fully saturated rings. The van der Waals surface area contributed by atoms with Gasteiger partial charge < -0.3 is 14.2 Å². The van der Waals surface area contributed by atoms with Crippen LogP contribution in [0.25, 0.3) is 0 Å². The van der Waals surface area contributed by atoms with Crippen molar-refractivity contribution in [2.24, 2.45) is 0 Å². The van der Waals surface area contributed by atoms with Gasteiger partial charge in [-0.05, 0) is 31.0 Å². The van der Waals surface area contributed by atoms with Crippen molar-refractivity contribution in [1.29, 1.82) is 0 Å². The summed E-state index contributed by atoms with van der Waals surface area (Å²) in [6.07, 6.45) is 0.960. The van der Waals surface area contributed by atoms with Gasteiger partial charge in [-0.2, -0.15) is 0 Å². The van der Waals surface area contributed by atoms with E-state index in [4.69, 9.17) is 9.26 Å². The normalized spacial score (nSPS) is 18.9. The van der Waals surface area contributed by atoms with E-state index >= 15 is 0 Å². The third-order valence-electron chi connectivity index (χ3n) is 4.98. The van der Waals surface area contributed by atoms with Crippen LogP contribution >= 0.6 is 0 Å². The van der Waals surface area contributed by atoms with Crippen LogP contribution in [0.1, 0.15) is 42.4 Å². The molecule has 6 heteroatoms. The lowest BCUT2D eigenvalue weighted by Crippen LogP contribution is -2.42. The molecule has 1 aromatic heterocycles. The van der Waals surface area contributed by atoms with E-state index in [0.717, 1.165) is 19.5 Å². The van der Waals surface area contributed by atoms with Gasteiger partial charge in [-0.1, -0.05) is 30.3 Å². The first kappa shape index (κ1) is 17.5. The number of rotatable bonds is 6. The van der Waals surface area contributed by atoms with Crippen LogP contribution in [0.2, 0.25) is 0 Å². The SMILES string of the molecule is CCN(C(=O)c1cc(OC)no1)[C@H]1CCN([C@H](C)c2ccccc2)C1. The second kappa shape index (κ2) is 7.70. The molecule has 3 rings (SSSR count). The van der Waals surface area contributed by atoms with Gasteiger partial charge in [0.05, 0.1) is 13.2 Å². The molecule has 134 valence electrons. The van der Waals surface area contributed by atoms with Gasteiger partial charge in [0.2, 0.25) is 5.76 Å². The first-order chi connectivity index (χ1) is 12.1. The predicted octanol–water partition coefficient (Wildman–Crippen LogP) is 2.98. The summed E-state index contributed by atoms with van der Waals surface area (Å²) in [7, 11) is 1.50. The van der Waals surface area contributed by atoms with Crippen molar-refractivity contribution in [3.8, 4) is 5.88 Å². The van der Waals surface area contributed by atoms with Gasteiger partial charge >= 0.3 is 0 Å². The van der Waals surface area contributed by atoms with Crippen molar-refractivity contribution >= 4 is 5.91 Å². The highest BCUT2D eigenvalue weighted by Crippen LogP contribution is 2.27. The third-order valence-corrected chi connectivity index (χ3v) is 4.98. The van der Waals surface area contributed by atoms with Crippen LogP contribution in [0.3, 0.4) is 0 Å². The fourth-order valence-electron chi connectivity index (χ4n) is 3.48. The molecule has 2 heterocycles. The van der Waals surface area contributed by atoms with Gasteiger partial charge in [0.25, 0.3) is 11.8 Å². The van der Waals surface area contributed by atoms with Gasteiger partial charge in [0.15, 0.2) is 0 Å². The van der Waals surface area contributed by atoms with E-state index in [0.29, 0.717) is 18.5 Å². The molecule has 0 saturated carbocycles. The Bertz CT molecular complexity index is 701. The van der Waals surface area contributed by atoms with Crippen molar-refractivity contribution in [3.63, 3.8) is 0 Å². The summed E-state index contributed by atoms with van der Waals surface area (Å²) in [5, 5.41) is 3.73. The zero-order valence-corrected chi connectivity index (χ0v) is 15.0. The van der Waals surface area contributed by atoms with Gasteiger partial charge in [-0.25, -0.2) is 0 Å². The maximum absolute atomic E-state index is 12.8. The summed E-state index contributed by atoms with van der Waals surface area (Å²) in [5.41, 5.74) is 1.30. The van der Waals surface area contributed by atoms with Crippen molar-refractivity contribution in [2.75, 3.05) is 26.7 Å². The lowest BCUT2D eigenvalue weighted by molar-refractivity contribution is 0.0647. The minimum Gasteiger partial charge on any atom is -0.479 e. The number of carbonyl (C=O) groups is 1. The summed E-state index contributed by atoms with van der Waals surface area (Å²) in [6.45, 7) is 6.69. The van der Waals surface area contributed by atoms with Gasteiger partial charge in [-0.15, -0.1) is 0 Å². The number of benzene rings is 1. The van der Waals surface area contributed by atoms with E-state index in [9.17, 15) is 4.79 Å². The lowest BCUT2D eigenvalue weighted by Gasteiger charge is -2.29. The molecule has 1 saturated heterocycles. The Balaban J connectivity index is 1.67. The highest BCUT2D eigenvalue weighted by atomic mass is 16.5. The van der Waals surface area contributed by atoms with Crippen LogP contribution in [-0.4, -0.2) is 53.6 Å². The number of nitrogens with zero attached hydrogens (tertiary/aromatic N) is 3. The molecule has 2 aromatic rings. The number of aromatic nitrogens is 1. The van der Waals surface area contributed by atoms with Crippen molar-refractivity contribution in [1.82, 2.24) is 15.0 Å². The molecule has 1 aliphatic heterocycles. The number of likely N-dealkylation sites (N-methyl/N-ethyl adjacent to an activating group) is 1. The number of methoxy groups -OCH3 is 1. The topological polar surface area (TPSA) is 58.8 Å². The molecule has 0 N–H and O–H groups in total. The Morgan fingerprint density at radius 1 is 1.44 bits per heavy atom. The number of hydrogen-bond acceptors (Lipinski definition) is 5. The van der Waals surface area contributed by atoms with Gasteiger partial charge in [-0.3, -0.25) is 9.69 Å². The van der Waals surface area contributed by atoms with Crippen LogP contribution < -0.4 is 4.74 Å². The molecule has 1 aliphatic rings. The second-order valence-electron chi connectivity index (χ2n) is 6.35. The number of amides is 1. The molecular weight excluding hydrogens is 318 g/mol. The van der Waals surface area contributed by atoms with Gasteiger partial charge in [0.1, 0.15) is 0 Å². The Morgan fingerprint density at radius 2 is 2.20 bits per heavy atom. The highest BCUT2D eigenvalue weighted by molar-refractivity contribution is 5.91. The smallest absolute Gasteiger partial charge is 0.292 e. The van der Waals surface area contributed by atoms with Gasteiger partial charge in [0, 0.05) is 31.7 Å². The highest BCUT2D eigenvalue weighted by Gasteiger charge is 2.33. The Morgan fingerprint density at radius 3 is 2.84 bits per heavy atom. The maximum atomic E-state index is 12.8. The average molecular weight is 343 g/mol. The number of likely N-dealkylation sites (tertiary alicyclic amines) is 1. The van der Waals surface area contributed by atoms with E-state index in [2.05, 4.69) is 41.2 Å². The molecule has 2 atom stereocenters. The number of carbonyl (C=O) groups excluding carboxylic acids is 1. The fraction of sp³-hybridized carbons (Fsp3) is 0.474. The molecule has 0 spiro atoms. The van der Waals surface area contributed by atoms with E-state index in [1.165, 1.54) is 12.7 Å². The summed E-state index contributed by atoms with van der Waals surface area (Å²) >= 11 is 0. The predicted molar refractivity (Wildman–Crippen MR) is 94.6 cm³/mol. The van der Waals surface area contributed by atoms with Crippen molar-refractivity contribution in [3.05, 3.63) is 47.7 Å². The standard InChI is InChI=1S/C19H25N3O3/c1-4-22(19(23)17-12-18(24-3)20-25-17)16-10-11-21(13-16)14(2)15-8-6-5-7-9-15/h5-9,12,14,16H,4,10-11,13H2,1-3H3/t14-,16+/m1/s1. The number of hydrogen-bond donors (Lipinski definition) is 0. The molecular formula is C19H25N3O3. The van der Waals surface area contributed by atoms with Crippen LogP contribution in [0.5, 0.6) is 5.88 Å². The van der Waals surface area contributed by atoms with Crippen LogP contribution in [0.15, 0.2) is 40.9 Å². The Kier molecular flexibility index (Phi) is 5.38. The Labute approximate surface area is 148 Å². The molecule has 25 heavy (non-hydrogen) atoms. The third kappa shape index (κ3) is 3.69. The van der Waals surface area contributed by atoms with Crippen LogP contribution in [0.4, 0.5) is 0 Å². The lowest BCUT2D eigenvalue weighted by atomic mass is 10.1. The average Bonchev–Trinajstić information content (AvgIpc) is 3.32. The minimum absolute atomic E-state index is 0.127. The second-order valence-corrected chi connectivity index (χ2v) is 6.35. The van der Waals surface area contributed by atoms with E-state index < -0.39 is 0 Å². The Hall–Kier alpha value is -2.34. The van der Waals surface area contributed by atoms with E-state index in [-0.39, 0.29) is 17.7 Å². The first-order valence-electron chi connectivity index (χ1n) is 8.74. The van der Waals surface area contributed by atoms with E-state index in [1.54, 1.807) is 6.07 Å². The van der Waals surface area contributed by atoms with Crippen molar-refractivity contribution in [2.45, 2.75) is 32.4 Å². The van der Waals surface area contributed by atoms with Crippen molar-refractivity contribution < 1.29 is 14.1 Å². The minimum atomic E-state index is -0.127. The molecule has 0 aliphatic carbocycles. The fourth-order valence-corrected chi connectivity index (χ4v) is 3.48. The summed E-state index contributed by atoms with van der Waals surface area (Å²) in [4.78, 5) is 17.1. The summed E-state index contributed by atoms with van der Waals surface area (Å²) < 4.78 is 10.1. The quantitative estimate of drug-likeness (QED) is 0.807. The molecule has 0 radical (unpaired) electrons. The van der Waals surface area contributed by atoms with E-state index in [1.807, 2.05) is 17.9 Å². The largest absolute Gasteiger partial charge is 0.479 e. The zero-order valence-electron chi connectivity index (χ0n) is 15.0. The molecule has 0 bridgehead atoms. The van der Waals surface area contributed by atoms with Crippen LogP contribution in [-0.2, 0) is 0 Å². The maximum Gasteiger partial charge on any atom is 0.292 e. The summed E-state index contributed by atoms with van der Waals surface area (Å²) in [6, 6.07) is 12.5. The summed E-state index contributed by atoms with van der Waals surface area (Å²) in [5.74, 6) is 0.427. The monoisotopic (exact) mass is 343 g/mol. The first-order valence-corrected chi connectivity index (χ1v) is 8.74. The molecule has 1 aromatic carbocycles. The van der Waals surface area contributed by atoms with Crippen LogP contribution in [0, 0.1) is 0 Å². The molecule has 6 nitrogen and oxygen atoms in total.